The molecular formula is C32H36N2O6. The van der Waals surface area contributed by atoms with Gasteiger partial charge in [-0.1, -0.05) is 35.9 Å². The van der Waals surface area contributed by atoms with Gasteiger partial charge >= 0.3 is 0 Å². The second-order valence-electron chi connectivity index (χ2n) is 9.94. The molecule has 1 aliphatic rings. The zero-order chi connectivity index (χ0) is 28.8. The highest BCUT2D eigenvalue weighted by Crippen LogP contribution is 2.42. The van der Waals surface area contributed by atoms with Crippen molar-refractivity contribution < 1.29 is 28.9 Å². The molecule has 0 aromatic heterocycles. The zero-order valence-electron chi connectivity index (χ0n) is 23.6. The molecule has 0 bridgehead atoms. The Bertz CT molecular complexity index is 1400. The predicted octanol–water partition coefficient (Wildman–Crippen LogP) is 4.96. The molecule has 1 N–H and O–H groups in total. The molecule has 0 saturated carbocycles. The van der Waals surface area contributed by atoms with Gasteiger partial charge in [0.15, 0.2) is 11.5 Å². The Morgan fingerprint density at radius 1 is 0.975 bits per heavy atom. The van der Waals surface area contributed by atoms with Gasteiger partial charge < -0.3 is 29.1 Å². The number of ketones is 1. The second kappa shape index (κ2) is 12.7. The van der Waals surface area contributed by atoms with E-state index in [1.807, 2.05) is 51.0 Å². The molecule has 1 unspecified atom stereocenters. The van der Waals surface area contributed by atoms with Gasteiger partial charge in [0.25, 0.3) is 11.7 Å². The van der Waals surface area contributed by atoms with Gasteiger partial charge in [-0.2, -0.15) is 0 Å². The Hall–Kier alpha value is -4.30. The molecule has 0 aliphatic carbocycles. The number of carbonyl (C=O) groups is 2. The lowest BCUT2D eigenvalue weighted by Gasteiger charge is -2.27. The van der Waals surface area contributed by atoms with Crippen molar-refractivity contribution in [3.05, 3.63) is 94.6 Å². The van der Waals surface area contributed by atoms with Gasteiger partial charge in [0, 0.05) is 18.7 Å². The van der Waals surface area contributed by atoms with Crippen LogP contribution >= 0.6 is 0 Å². The molecule has 210 valence electrons. The van der Waals surface area contributed by atoms with Crippen LogP contribution in [-0.2, 0) is 16.2 Å². The number of hydrogen-bond acceptors (Lipinski definition) is 7. The van der Waals surface area contributed by atoms with Crippen LogP contribution in [0.25, 0.3) is 5.76 Å². The van der Waals surface area contributed by atoms with Crippen LogP contribution in [0.5, 0.6) is 17.2 Å². The largest absolute Gasteiger partial charge is 0.507 e. The topological polar surface area (TPSA) is 88.5 Å². The number of likely N-dealkylation sites (tertiary alicyclic amines) is 1. The van der Waals surface area contributed by atoms with E-state index in [9.17, 15) is 14.7 Å². The van der Waals surface area contributed by atoms with Crippen molar-refractivity contribution in [2.45, 2.75) is 26.5 Å². The summed E-state index contributed by atoms with van der Waals surface area (Å²) in [6, 6.07) is 19.4. The highest BCUT2D eigenvalue weighted by atomic mass is 16.5. The molecule has 1 heterocycles. The minimum atomic E-state index is -0.790. The molecule has 1 atom stereocenters. The van der Waals surface area contributed by atoms with E-state index in [4.69, 9.17) is 14.2 Å². The van der Waals surface area contributed by atoms with Gasteiger partial charge in [0.05, 0.1) is 25.3 Å². The monoisotopic (exact) mass is 544 g/mol. The minimum Gasteiger partial charge on any atom is -0.507 e. The molecule has 1 fully saturated rings. The molecule has 0 radical (unpaired) electrons. The Kier molecular flexibility index (Phi) is 9.11. The van der Waals surface area contributed by atoms with Gasteiger partial charge in [-0.25, -0.2) is 0 Å². The van der Waals surface area contributed by atoms with E-state index in [1.54, 1.807) is 42.5 Å². The maximum atomic E-state index is 13.3. The molecule has 8 heteroatoms. The first-order chi connectivity index (χ1) is 19.2. The van der Waals surface area contributed by atoms with E-state index in [1.165, 1.54) is 12.0 Å². The highest BCUT2D eigenvalue weighted by Gasteiger charge is 2.46. The predicted molar refractivity (Wildman–Crippen MR) is 154 cm³/mol. The molecule has 3 aromatic carbocycles. The zero-order valence-corrected chi connectivity index (χ0v) is 23.6. The second-order valence-corrected chi connectivity index (χ2v) is 9.94. The third kappa shape index (κ3) is 6.29. The lowest BCUT2D eigenvalue weighted by Crippen LogP contribution is -2.35. The number of hydrogen-bond donors (Lipinski definition) is 1. The molecule has 8 nitrogen and oxygen atoms in total. The maximum Gasteiger partial charge on any atom is 0.295 e. The van der Waals surface area contributed by atoms with Crippen LogP contribution in [-0.4, -0.2) is 67.5 Å². The van der Waals surface area contributed by atoms with Crippen molar-refractivity contribution in [1.29, 1.82) is 0 Å². The molecule has 40 heavy (non-hydrogen) atoms. The minimum absolute atomic E-state index is 0.0309. The fourth-order valence-corrected chi connectivity index (χ4v) is 4.73. The number of benzene rings is 3. The fraction of sp³-hybridized carbons (Fsp3) is 0.312. The molecule has 0 spiro atoms. The summed E-state index contributed by atoms with van der Waals surface area (Å²) in [7, 11) is 5.33. The Morgan fingerprint density at radius 3 is 2.38 bits per heavy atom. The van der Waals surface area contributed by atoms with Gasteiger partial charge in [-0.15, -0.1) is 0 Å². The van der Waals surface area contributed by atoms with Crippen molar-refractivity contribution in [3.8, 4) is 17.2 Å². The summed E-state index contributed by atoms with van der Waals surface area (Å²) in [5.74, 6) is 0.0345. The van der Waals surface area contributed by atoms with Crippen LogP contribution in [0.1, 0.15) is 35.2 Å². The lowest BCUT2D eigenvalue weighted by atomic mass is 9.95. The fourth-order valence-electron chi connectivity index (χ4n) is 4.73. The normalized spacial score (nSPS) is 16.4. The van der Waals surface area contributed by atoms with Crippen LogP contribution in [0.15, 0.2) is 72.3 Å². The van der Waals surface area contributed by atoms with E-state index < -0.39 is 17.7 Å². The smallest absolute Gasteiger partial charge is 0.295 e. The van der Waals surface area contributed by atoms with Crippen molar-refractivity contribution >= 4 is 17.4 Å². The number of likely N-dealkylation sites (N-methyl/N-ethyl adjacent to an activating group) is 1. The summed E-state index contributed by atoms with van der Waals surface area (Å²) < 4.78 is 17.1. The number of methoxy groups -OCH3 is 1. The van der Waals surface area contributed by atoms with Crippen LogP contribution < -0.4 is 14.2 Å². The van der Waals surface area contributed by atoms with E-state index in [2.05, 4.69) is 6.07 Å². The summed E-state index contributed by atoms with van der Waals surface area (Å²) in [5, 5.41) is 11.4. The molecule has 1 saturated heterocycles. The van der Waals surface area contributed by atoms with Gasteiger partial charge in [-0.05, 0) is 75.5 Å². The highest BCUT2D eigenvalue weighted by molar-refractivity contribution is 6.46. The number of amides is 1. The van der Waals surface area contributed by atoms with Crippen LogP contribution in [0.3, 0.4) is 0 Å². The summed E-state index contributed by atoms with van der Waals surface area (Å²) in [5.41, 5.74) is 3.29. The Labute approximate surface area is 235 Å². The van der Waals surface area contributed by atoms with Crippen LogP contribution in [0.2, 0.25) is 0 Å². The number of nitrogens with zero attached hydrogens (tertiary/aromatic N) is 2. The van der Waals surface area contributed by atoms with Crippen molar-refractivity contribution in [1.82, 2.24) is 9.80 Å². The molecule has 1 aliphatic heterocycles. The van der Waals surface area contributed by atoms with Crippen LogP contribution in [0.4, 0.5) is 0 Å². The Morgan fingerprint density at radius 2 is 1.73 bits per heavy atom. The lowest BCUT2D eigenvalue weighted by molar-refractivity contribution is -0.140. The number of rotatable bonds is 11. The maximum absolute atomic E-state index is 13.3. The quantitative estimate of drug-likeness (QED) is 0.207. The molecule has 4 rings (SSSR count). The third-order valence-corrected chi connectivity index (χ3v) is 6.75. The first kappa shape index (κ1) is 28.7. The number of aryl methyl sites for hydroxylation is 1. The van der Waals surface area contributed by atoms with Gasteiger partial charge in [0.2, 0.25) is 0 Å². The van der Waals surface area contributed by atoms with E-state index >= 15 is 0 Å². The first-order valence-corrected chi connectivity index (χ1v) is 13.3. The summed E-state index contributed by atoms with van der Waals surface area (Å²) in [4.78, 5) is 30.0. The molecule has 3 aromatic rings. The van der Waals surface area contributed by atoms with Crippen molar-refractivity contribution in [2.24, 2.45) is 0 Å². The SMILES string of the molecule is CCOc1ccc(C2C(=C(O)c3ccc(OCc4cccc(C)c4)cc3)C(=O)C(=O)N2CCN(C)C)cc1OC. The van der Waals surface area contributed by atoms with E-state index in [-0.39, 0.29) is 11.3 Å². The summed E-state index contributed by atoms with van der Waals surface area (Å²) >= 11 is 0. The van der Waals surface area contributed by atoms with E-state index in [0.717, 1.165) is 11.1 Å². The van der Waals surface area contributed by atoms with Crippen molar-refractivity contribution in [2.75, 3.05) is 40.9 Å². The number of aliphatic hydroxyl groups is 1. The van der Waals surface area contributed by atoms with Gasteiger partial charge in [0.1, 0.15) is 18.1 Å². The standard InChI is InChI=1S/C32H36N2O6/c1-6-39-26-15-12-24(19-27(26)38-5)29-28(31(36)32(37)34(29)17-16-33(3)4)30(35)23-10-13-25(14-11-23)40-20-22-9-7-8-21(2)18-22/h7-15,18-19,29,35H,6,16-17,20H2,1-5H3. The van der Waals surface area contributed by atoms with Crippen LogP contribution in [0, 0.1) is 6.92 Å². The first-order valence-electron chi connectivity index (χ1n) is 13.3. The third-order valence-electron chi connectivity index (χ3n) is 6.75. The van der Waals surface area contributed by atoms with Gasteiger partial charge in [-0.3, -0.25) is 9.59 Å². The van der Waals surface area contributed by atoms with E-state index in [0.29, 0.717) is 54.7 Å². The molecule has 1 amide bonds. The average Bonchev–Trinajstić information content (AvgIpc) is 3.20. The average molecular weight is 545 g/mol. The number of Topliss-reactive ketones (excluding diaryl/α,β-unsaturated/α-hetero) is 1. The number of aliphatic hydroxyl groups excluding tert-OH is 1. The summed E-state index contributed by atoms with van der Waals surface area (Å²) in [6.45, 7) is 5.63. The Balaban J connectivity index is 1.69. The summed E-state index contributed by atoms with van der Waals surface area (Å²) in [6.07, 6.45) is 0. The van der Waals surface area contributed by atoms with Crippen molar-refractivity contribution in [3.63, 3.8) is 0 Å². The molecular weight excluding hydrogens is 508 g/mol. The number of carbonyl (C=O) groups excluding carboxylic acids is 2. The number of ether oxygens (including phenoxy) is 3.